The molecule has 0 saturated carbocycles. The van der Waals surface area contributed by atoms with Crippen molar-refractivity contribution in [2.24, 2.45) is 20.2 Å². The van der Waals surface area contributed by atoms with E-state index < -0.39 is 0 Å². The number of aromatic nitrogens is 3. The maximum Gasteiger partial charge on any atom is 0.213 e. The number of azo groups is 1. The van der Waals surface area contributed by atoms with Gasteiger partial charge in [-0.25, -0.2) is 9.67 Å². The van der Waals surface area contributed by atoms with Crippen molar-refractivity contribution in [3.63, 3.8) is 0 Å². The average molecular weight is 388 g/mol. The number of rotatable bonds is 7. The van der Waals surface area contributed by atoms with Crippen molar-refractivity contribution in [2.75, 3.05) is 12.4 Å². The lowest BCUT2D eigenvalue weighted by Crippen LogP contribution is -2.01. The summed E-state index contributed by atoms with van der Waals surface area (Å²) in [7, 11) is 1.70. The molecule has 2 rings (SSSR count). The Bertz CT molecular complexity index is 1090. The van der Waals surface area contributed by atoms with Gasteiger partial charge in [0.1, 0.15) is 35.9 Å². The van der Waals surface area contributed by atoms with Crippen LogP contribution >= 0.6 is 0 Å². The summed E-state index contributed by atoms with van der Waals surface area (Å²) in [5.41, 5.74) is 3.05. The van der Waals surface area contributed by atoms with Crippen molar-refractivity contribution >= 4 is 30.3 Å². The Morgan fingerprint density at radius 2 is 1.90 bits per heavy atom. The fourth-order valence-electron chi connectivity index (χ4n) is 2.56. The van der Waals surface area contributed by atoms with E-state index in [2.05, 4.69) is 54.5 Å². The summed E-state index contributed by atoms with van der Waals surface area (Å²) >= 11 is 0. The highest BCUT2D eigenvalue weighted by Gasteiger charge is 2.16. The lowest BCUT2D eigenvalue weighted by molar-refractivity contribution is 0.624. The summed E-state index contributed by atoms with van der Waals surface area (Å²) < 4.78 is 1.56. The molecule has 0 aliphatic carbocycles. The Morgan fingerprint density at radius 1 is 1.17 bits per heavy atom. The SMILES string of the molecule is C=N/C=C\C=NCn1nc(N=Nc2c(C)nc(NC)c(C#N)c2C)c(C#N)c1C. The van der Waals surface area contributed by atoms with E-state index in [4.69, 9.17) is 0 Å². The fraction of sp³-hybridized carbons (Fsp3) is 0.263. The summed E-state index contributed by atoms with van der Waals surface area (Å²) in [6.45, 7) is 8.86. The maximum atomic E-state index is 9.47. The second-order valence-electron chi connectivity index (χ2n) is 5.85. The van der Waals surface area contributed by atoms with Gasteiger partial charge in [0.05, 0.1) is 17.0 Å². The molecule has 0 radical (unpaired) electrons. The number of anilines is 1. The molecule has 146 valence electrons. The molecule has 0 aliphatic heterocycles. The van der Waals surface area contributed by atoms with Gasteiger partial charge in [0.25, 0.3) is 0 Å². The highest BCUT2D eigenvalue weighted by molar-refractivity contribution is 5.70. The zero-order valence-corrected chi connectivity index (χ0v) is 16.7. The smallest absolute Gasteiger partial charge is 0.213 e. The summed E-state index contributed by atoms with van der Waals surface area (Å²) in [4.78, 5) is 12.1. The zero-order chi connectivity index (χ0) is 21.4. The normalized spacial score (nSPS) is 11.2. The third kappa shape index (κ3) is 4.57. The molecule has 29 heavy (non-hydrogen) atoms. The van der Waals surface area contributed by atoms with Gasteiger partial charge < -0.3 is 5.32 Å². The molecule has 10 heteroatoms. The standard InChI is InChI=1S/C19H20N10/c1-12-15(9-20)18(23-5)25-13(2)17(12)26-27-19-16(10-21)14(3)29(28-19)11-24-8-6-7-22-4/h6-8H,4,11H2,1-3,5H3,(H,23,25)/b7-6-,24-8?,27-26?. The Kier molecular flexibility index (Phi) is 7.04. The first kappa shape index (κ1) is 21.1. The molecule has 2 aromatic heterocycles. The number of nitrogens with zero attached hydrogens (tertiary/aromatic N) is 9. The second-order valence-corrected chi connectivity index (χ2v) is 5.85. The molecule has 0 spiro atoms. The number of hydrogen-bond donors (Lipinski definition) is 1. The van der Waals surface area contributed by atoms with Crippen LogP contribution in [0.2, 0.25) is 0 Å². The van der Waals surface area contributed by atoms with E-state index in [1.54, 1.807) is 44.8 Å². The van der Waals surface area contributed by atoms with Crippen LogP contribution in [0.1, 0.15) is 28.1 Å². The lowest BCUT2D eigenvalue weighted by atomic mass is 10.1. The third-order valence-corrected chi connectivity index (χ3v) is 4.08. The van der Waals surface area contributed by atoms with Crippen LogP contribution in [0.5, 0.6) is 0 Å². The predicted molar refractivity (Wildman–Crippen MR) is 111 cm³/mol. The largest absolute Gasteiger partial charge is 0.372 e. The van der Waals surface area contributed by atoms with Gasteiger partial charge in [-0.05, 0) is 39.1 Å². The highest BCUT2D eigenvalue weighted by Crippen LogP contribution is 2.31. The predicted octanol–water partition coefficient (Wildman–Crippen LogP) is 3.65. The molecule has 0 atom stereocenters. The van der Waals surface area contributed by atoms with Gasteiger partial charge in [0.2, 0.25) is 5.82 Å². The van der Waals surface area contributed by atoms with Crippen LogP contribution in [0.15, 0.2) is 32.5 Å². The highest BCUT2D eigenvalue weighted by atomic mass is 15.4. The van der Waals surface area contributed by atoms with E-state index in [-0.39, 0.29) is 12.5 Å². The lowest BCUT2D eigenvalue weighted by Gasteiger charge is -2.09. The van der Waals surface area contributed by atoms with Gasteiger partial charge in [-0.15, -0.1) is 15.3 Å². The van der Waals surface area contributed by atoms with Gasteiger partial charge in [-0.1, -0.05) is 0 Å². The van der Waals surface area contributed by atoms with Crippen LogP contribution in [0.3, 0.4) is 0 Å². The van der Waals surface area contributed by atoms with E-state index in [0.29, 0.717) is 39.6 Å². The van der Waals surface area contributed by atoms with E-state index in [0.717, 1.165) is 0 Å². The van der Waals surface area contributed by atoms with E-state index in [9.17, 15) is 10.5 Å². The van der Waals surface area contributed by atoms with Crippen LogP contribution in [0, 0.1) is 43.4 Å². The van der Waals surface area contributed by atoms with Crippen LogP contribution < -0.4 is 5.32 Å². The summed E-state index contributed by atoms with van der Waals surface area (Å²) in [5, 5.41) is 34.5. The zero-order valence-electron chi connectivity index (χ0n) is 16.7. The van der Waals surface area contributed by atoms with Crippen LogP contribution in [0.25, 0.3) is 0 Å². The summed E-state index contributed by atoms with van der Waals surface area (Å²) in [6, 6.07) is 4.22. The second kappa shape index (κ2) is 9.67. The summed E-state index contributed by atoms with van der Waals surface area (Å²) in [6.07, 6.45) is 4.71. The van der Waals surface area contributed by atoms with E-state index >= 15 is 0 Å². The van der Waals surface area contributed by atoms with Crippen molar-refractivity contribution in [3.8, 4) is 12.1 Å². The molecule has 0 unspecified atom stereocenters. The quantitative estimate of drug-likeness (QED) is 0.569. The Labute approximate surface area is 168 Å². The maximum absolute atomic E-state index is 9.47. The number of nitriles is 2. The van der Waals surface area contributed by atoms with Crippen molar-refractivity contribution in [1.29, 1.82) is 10.5 Å². The first-order valence-corrected chi connectivity index (χ1v) is 8.57. The van der Waals surface area contributed by atoms with E-state index in [1.165, 1.54) is 6.20 Å². The van der Waals surface area contributed by atoms with Crippen molar-refractivity contribution in [3.05, 3.63) is 40.4 Å². The van der Waals surface area contributed by atoms with E-state index in [1.807, 2.05) is 0 Å². The molecule has 0 aliphatic rings. The van der Waals surface area contributed by atoms with Gasteiger partial charge in [-0.2, -0.15) is 10.5 Å². The first-order chi connectivity index (χ1) is 14.0. The minimum Gasteiger partial charge on any atom is -0.372 e. The average Bonchev–Trinajstić information content (AvgIpc) is 3.01. The molecular formula is C19H20N10. The first-order valence-electron chi connectivity index (χ1n) is 8.57. The van der Waals surface area contributed by atoms with Crippen LogP contribution in [0.4, 0.5) is 17.3 Å². The topological polar surface area (TPSA) is 140 Å². The van der Waals surface area contributed by atoms with Gasteiger partial charge >= 0.3 is 0 Å². The number of nitrogens with one attached hydrogen (secondary N) is 1. The van der Waals surface area contributed by atoms with Gasteiger partial charge in [0, 0.05) is 19.5 Å². The molecule has 0 bridgehead atoms. The molecule has 0 fully saturated rings. The molecule has 0 saturated heterocycles. The van der Waals surface area contributed by atoms with Crippen molar-refractivity contribution < 1.29 is 0 Å². The van der Waals surface area contributed by atoms with Gasteiger partial charge in [-0.3, -0.25) is 9.98 Å². The monoisotopic (exact) mass is 388 g/mol. The Balaban J connectivity index is 2.41. The van der Waals surface area contributed by atoms with Crippen LogP contribution in [-0.4, -0.2) is 34.7 Å². The number of aryl methyl sites for hydroxylation is 1. The van der Waals surface area contributed by atoms with Gasteiger partial charge in [0.15, 0.2) is 0 Å². The molecule has 0 aromatic carbocycles. The number of pyridine rings is 1. The number of aliphatic imine (C=N–C) groups is 2. The minimum atomic E-state index is 0.179. The third-order valence-electron chi connectivity index (χ3n) is 4.08. The molecule has 10 nitrogen and oxygen atoms in total. The summed E-state index contributed by atoms with van der Waals surface area (Å²) in [5.74, 6) is 0.663. The fourth-order valence-corrected chi connectivity index (χ4v) is 2.56. The van der Waals surface area contributed by atoms with Crippen molar-refractivity contribution in [2.45, 2.75) is 27.4 Å². The molecule has 1 N–H and O–H groups in total. The number of hydrogen-bond acceptors (Lipinski definition) is 9. The number of allylic oxidation sites excluding steroid dienone is 1. The molecular weight excluding hydrogens is 368 g/mol. The molecule has 0 amide bonds. The van der Waals surface area contributed by atoms with Crippen molar-refractivity contribution in [1.82, 2.24) is 14.8 Å². The molecule has 2 aromatic rings. The minimum absolute atomic E-state index is 0.179. The molecule has 2 heterocycles. The Hall–Kier alpha value is -4.18. The van der Waals surface area contributed by atoms with Crippen LogP contribution in [-0.2, 0) is 6.67 Å². The Morgan fingerprint density at radius 3 is 2.52 bits per heavy atom.